The second kappa shape index (κ2) is 7.37. The van der Waals surface area contributed by atoms with Crippen LogP contribution < -0.4 is 5.73 Å². The maximum absolute atomic E-state index is 10.4. The van der Waals surface area contributed by atoms with Gasteiger partial charge in [-0.1, -0.05) is 6.08 Å². The van der Waals surface area contributed by atoms with Crippen molar-refractivity contribution in [2.75, 3.05) is 12.3 Å². The largest absolute Gasteiger partial charge is 0.394 e. The number of fused-ring (bicyclic) bond motifs is 1. The SMILES string of the molecule is C/C=C(\[C@H](O)[C@H](O)C[C@H](O)CO)n1cc(C#N)c2c(N)ncnc21. The van der Waals surface area contributed by atoms with Crippen LogP contribution in [-0.4, -0.2) is 59.9 Å². The maximum atomic E-state index is 10.4. The third-order valence-electron chi connectivity index (χ3n) is 3.70. The molecule has 0 fully saturated rings. The van der Waals surface area contributed by atoms with Crippen molar-refractivity contribution in [3.63, 3.8) is 0 Å². The Labute approximate surface area is 137 Å². The number of aliphatic hydroxyl groups excluding tert-OH is 4. The van der Waals surface area contributed by atoms with Crippen LogP contribution in [-0.2, 0) is 0 Å². The van der Waals surface area contributed by atoms with E-state index in [2.05, 4.69) is 9.97 Å². The number of allylic oxidation sites excluding steroid dienone is 1. The molecule has 24 heavy (non-hydrogen) atoms. The highest BCUT2D eigenvalue weighted by Crippen LogP contribution is 2.28. The predicted molar refractivity (Wildman–Crippen MR) is 86.3 cm³/mol. The number of aromatic nitrogens is 3. The standard InChI is InChI=1S/C15H19N5O4/c1-2-10(13(24)11(23)3-9(22)6-21)20-5-8(4-16)12-14(17)18-7-19-15(12)20/h2,5,7,9,11,13,21-24H,3,6H2,1H3,(H2,17,18,19)/b10-2+/t9-,11+,13-/m0/s1. The van der Waals surface area contributed by atoms with E-state index < -0.39 is 24.9 Å². The second-order valence-corrected chi connectivity index (χ2v) is 5.28. The molecule has 0 saturated carbocycles. The van der Waals surface area contributed by atoms with E-state index in [1.807, 2.05) is 6.07 Å². The average molecular weight is 333 g/mol. The van der Waals surface area contributed by atoms with Crippen LogP contribution in [0.3, 0.4) is 0 Å². The van der Waals surface area contributed by atoms with Crippen LogP contribution in [0, 0.1) is 11.3 Å². The summed E-state index contributed by atoms with van der Waals surface area (Å²) >= 11 is 0. The van der Waals surface area contributed by atoms with Crippen molar-refractivity contribution in [2.24, 2.45) is 0 Å². The van der Waals surface area contributed by atoms with Gasteiger partial charge >= 0.3 is 0 Å². The molecule has 0 aromatic carbocycles. The Morgan fingerprint density at radius 2 is 2.12 bits per heavy atom. The van der Waals surface area contributed by atoms with Gasteiger partial charge in [0.15, 0.2) is 5.65 Å². The Morgan fingerprint density at radius 3 is 2.71 bits per heavy atom. The summed E-state index contributed by atoms with van der Waals surface area (Å²) in [5.74, 6) is 0.136. The lowest BCUT2D eigenvalue weighted by atomic mass is 10.0. The number of nitrogens with two attached hydrogens (primary N) is 1. The highest BCUT2D eigenvalue weighted by molar-refractivity contribution is 5.93. The molecule has 2 aromatic heterocycles. The van der Waals surface area contributed by atoms with Crippen LogP contribution in [0.15, 0.2) is 18.6 Å². The van der Waals surface area contributed by atoms with Crippen molar-refractivity contribution in [1.82, 2.24) is 14.5 Å². The zero-order valence-corrected chi connectivity index (χ0v) is 13.0. The molecule has 0 aliphatic carbocycles. The molecular weight excluding hydrogens is 314 g/mol. The van der Waals surface area contributed by atoms with E-state index in [-0.39, 0.29) is 23.5 Å². The second-order valence-electron chi connectivity index (χ2n) is 5.28. The number of anilines is 1. The van der Waals surface area contributed by atoms with Crippen molar-refractivity contribution in [3.05, 3.63) is 24.2 Å². The molecule has 6 N–H and O–H groups in total. The minimum Gasteiger partial charge on any atom is -0.394 e. The molecule has 0 bridgehead atoms. The fourth-order valence-electron chi connectivity index (χ4n) is 2.50. The summed E-state index contributed by atoms with van der Waals surface area (Å²) < 4.78 is 1.45. The lowest BCUT2D eigenvalue weighted by Crippen LogP contribution is -2.33. The summed E-state index contributed by atoms with van der Waals surface area (Å²) in [5.41, 5.74) is 6.62. The number of nitrogens with zero attached hydrogens (tertiary/aromatic N) is 4. The van der Waals surface area contributed by atoms with Crippen molar-refractivity contribution in [3.8, 4) is 6.07 Å². The van der Waals surface area contributed by atoms with E-state index in [1.54, 1.807) is 13.0 Å². The number of aliphatic hydroxyl groups is 4. The van der Waals surface area contributed by atoms with Crippen LogP contribution in [0.5, 0.6) is 0 Å². The third kappa shape index (κ3) is 3.22. The molecule has 2 heterocycles. The molecule has 0 radical (unpaired) electrons. The minimum atomic E-state index is -1.37. The van der Waals surface area contributed by atoms with E-state index in [4.69, 9.17) is 10.8 Å². The third-order valence-corrected chi connectivity index (χ3v) is 3.70. The van der Waals surface area contributed by atoms with E-state index in [9.17, 15) is 20.6 Å². The first-order chi connectivity index (χ1) is 11.4. The van der Waals surface area contributed by atoms with Gasteiger partial charge in [0.25, 0.3) is 0 Å². The molecule has 0 spiro atoms. The van der Waals surface area contributed by atoms with Gasteiger partial charge in [-0.15, -0.1) is 0 Å². The van der Waals surface area contributed by atoms with Crippen molar-refractivity contribution in [1.29, 1.82) is 5.26 Å². The molecule has 128 valence electrons. The molecular formula is C15H19N5O4. The molecule has 0 saturated heterocycles. The lowest BCUT2D eigenvalue weighted by molar-refractivity contribution is -0.00354. The van der Waals surface area contributed by atoms with Gasteiger partial charge in [0.05, 0.1) is 35.5 Å². The molecule has 9 nitrogen and oxygen atoms in total. The fourth-order valence-corrected chi connectivity index (χ4v) is 2.50. The van der Waals surface area contributed by atoms with Gasteiger partial charge in [0.2, 0.25) is 0 Å². The van der Waals surface area contributed by atoms with Crippen LogP contribution in [0.25, 0.3) is 16.7 Å². The molecule has 2 rings (SSSR count). The topological polar surface area (TPSA) is 161 Å². The Balaban J connectivity index is 2.47. The van der Waals surface area contributed by atoms with E-state index in [0.717, 1.165) is 0 Å². The van der Waals surface area contributed by atoms with Crippen LogP contribution in [0.2, 0.25) is 0 Å². The van der Waals surface area contributed by atoms with Crippen LogP contribution in [0.1, 0.15) is 18.9 Å². The summed E-state index contributed by atoms with van der Waals surface area (Å²) in [6.07, 6.45) is 0.190. The van der Waals surface area contributed by atoms with Gasteiger partial charge in [0.1, 0.15) is 24.3 Å². The molecule has 9 heteroatoms. The molecule has 0 amide bonds. The summed E-state index contributed by atoms with van der Waals surface area (Å²) in [6, 6.07) is 1.99. The Hall–Kier alpha value is -2.51. The van der Waals surface area contributed by atoms with E-state index in [0.29, 0.717) is 11.0 Å². The van der Waals surface area contributed by atoms with Gasteiger partial charge in [-0.05, 0) is 6.92 Å². The number of nitrogen functional groups attached to an aromatic ring is 1. The zero-order chi connectivity index (χ0) is 17.9. The summed E-state index contributed by atoms with van der Waals surface area (Å²) in [7, 11) is 0. The van der Waals surface area contributed by atoms with Crippen molar-refractivity contribution < 1.29 is 20.4 Å². The van der Waals surface area contributed by atoms with Gasteiger partial charge in [-0.25, -0.2) is 9.97 Å². The van der Waals surface area contributed by atoms with Gasteiger partial charge in [-0.2, -0.15) is 5.26 Å². The van der Waals surface area contributed by atoms with Crippen LogP contribution >= 0.6 is 0 Å². The highest BCUT2D eigenvalue weighted by atomic mass is 16.3. The quantitative estimate of drug-likeness (QED) is 0.459. The normalized spacial score (nSPS) is 15.9. The summed E-state index contributed by atoms with van der Waals surface area (Å²) in [4.78, 5) is 7.95. The molecule has 0 aliphatic heterocycles. The number of rotatable bonds is 6. The van der Waals surface area contributed by atoms with Crippen molar-refractivity contribution >= 4 is 22.5 Å². The summed E-state index contributed by atoms with van der Waals surface area (Å²) in [6.45, 7) is 1.12. The molecule has 3 atom stereocenters. The Bertz CT molecular complexity index is 795. The molecule has 0 aliphatic rings. The first kappa shape index (κ1) is 17.8. The monoisotopic (exact) mass is 333 g/mol. The lowest BCUT2D eigenvalue weighted by Gasteiger charge is -2.23. The fraction of sp³-hybridized carbons (Fsp3) is 0.400. The predicted octanol–water partition coefficient (Wildman–Crippen LogP) is -0.789. The van der Waals surface area contributed by atoms with Gasteiger partial charge in [0, 0.05) is 12.6 Å². The first-order valence-corrected chi connectivity index (χ1v) is 7.27. The van der Waals surface area contributed by atoms with Gasteiger partial charge < -0.3 is 30.7 Å². The van der Waals surface area contributed by atoms with E-state index in [1.165, 1.54) is 17.1 Å². The summed E-state index contributed by atoms with van der Waals surface area (Å²) in [5, 5.41) is 48.4. The average Bonchev–Trinajstić information content (AvgIpc) is 2.95. The van der Waals surface area contributed by atoms with Crippen LogP contribution in [0.4, 0.5) is 5.82 Å². The van der Waals surface area contributed by atoms with Gasteiger partial charge in [-0.3, -0.25) is 0 Å². The Kier molecular flexibility index (Phi) is 5.48. The highest BCUT2D eigenvalue weighted by Gasteiger charge is 2.26. The number of nitriles is 1. The van der Waals surface area contributed by atoms with Crippen molar-refractivity contribution in [2.45, 2.75) is 31.7 Å². The smallest absolute Gasteiger partial charge is 0.151 e. The molecule has 0 unspecified atom stereocenters. The molecule has 2 aromatic rings. The minimum absolute atomic E-state index is 0.136. The number of hydrogen-bond donors (Lipinski definition) is 5. The van der Waals surface area contributed by atoms with E-state index >= 15 is 0 Å². The Morgan fingerprint density at radius 1 is 1.42 bits per heavy atom. The number of hydrogen-bond acceptors (Lipinski definition) is 8. The first-order valence-electron chi connectivity index (χ1n) is 7.27. The zero-order valence-electron chi connectivity index (χ0n) is 13.0. The maximum Gasteiger partial charge on any atom is 0.151 e.